The summed E-state index contributed by atoms with van der Waals surface area (Å²) in [4.78, 5) is 131. The van der Waals surface area contributed by atoms with Gasteiger partial charge in [0.05, 0.1) is 24.5 Å². The SMILES string of the molecule is C[C@]12C=CC(=O)C=C1CC[C@@H]1[C@@H]2[C@@H](O)C[C@@]2(C)[C@H]1C[C@H]1CN(c3ccc(Cc4cccc(NC(=O)OCc5ccc(NC(=O)[C@H](CCC(=O)O)NC(=O)CNC(=O)CCC(=O)ON6C(=O)CCC6=O)cc5)c4)cc3)C[C@]12C(=O)CO. The van der Waals surface area contributed by atoms with Crippen LogP contribution in [0.25, 0.3) is 0 Å². The van der Waals surface area contributed by atoms with E-state index in [0.717, 1.165) is 41.6 Å². The number of carboxylic acid groups (broad SMARTS) is 1. The topological polar surface area (TPSA) is 304 Å². The van der Waals surface area contributed by atoms with E-state index in [4.69, 9.17) is 9.57 Å². The number of allylic oxidation sites excluding steroid dienone is 4. The second-order valence-corrected chi connectivity index (χ2v) is 22.4. The summed E-state index contributed by atoms with van der Waals surface area (Å²) in [5.41, 5.74) is 3.64. The lowest BCUT2D eigenvalue weighted by Gasteiger charge is -2.60. The van der Waals surface area contributed by atoms with Crippen LogP contribution in [0.2, 0.25) is 0 Å². The fraction of sp³-hybridized carbons (Fsp3) is 0.458. The van der Waals surface area contributed by atoms with Gasteiger partial charge >= 0.3 is 18.0 Å². The second kappa shape index (κ2) is 23.3. The monoisotopic (exact) mass is 1100 g/mol. The van der Waals surface area contributed by atoms with Crippen molar-refractivity contribution in [2.45, 2.75) is 103 Å². The average molecular weight is 1100 g/mol. The number of Topliss-reactive ketones (excluding diaryl/α,β-unsaturated/α-hetero) is 1. The van der Waals surface area contributed by atoms with Gasteiger partial charge in [-0.15, -0.1) is 5.06 Å². The molecule has 2 aliphatic heterocycles. The van der Waals surface area contributed by atoms with Gasteiger partial charge < -0.3 is 45.7 Å². The number of hydrogen-bond donors (Lipinski definition) is 7. The third kappa shape index (κ3) is 11.7. The third-order valence-electron chi connectivity index (χ3n) is 17.6. The molecule has 6 aliphatic rings. The molecule has 0 radical (unpaired) electrons. The Kier molecular flexibility index (Phi) is 16.5. The van der Waals surface area contributed by atoms with Gasteiger partial charge in [-0.05, 0) is 127 Å². The molecule has 0 aromatic heterocycles. The van der Waals surface area contributed by atoms with Crippen LogP contribution in [0.4, 0.5) is 21.9 Å². The number of fused-ring (bicyclic) bond motifs is 7. The first-order chi connectivity index (χ1) is 38.2. The zero-order valence-corrected chi connectivity index (χ0v) is 44.6. The predicted molar refractivity (Wildman–Crippen MR) is 286 cm³/mol. The number of aliphatic carboxylic acids is 1. The molecule has 3 aromatic carbocycles. The molecule has 422 valence electrons. The number of rotatable bonds is 20. The number of carboxylic acids is 1. The molecule has 3 aromatic rings. The van der Waals surface area contributed by atoms with Crippen molar-refractivity contribution in [1.82, 2.24) is 15.7 Å². The number of imide groups is 1. The number of hydrogen-bond acceptors (Lipinski definition) is 15. The number of anilines is 3. The Labute approximate surface area is 461 Å². The maximum absolute atomic E-state index is 14.2. The molecular formula is C59H66N6O15. The Morgan fingerprint density at radius 3 is 2.26 bits per heavy atom. The van der Waals surface area contributed by atoms with Gasteiger partial charge in [-0.1, -0.05) is 61.9 Å². The van der Waals surface area contributed by atoms with Crippen molar-refractivity contribution in [2.75, 3.05) is 41.8 Å². The summed E-state index contributed by atoms with van der Waals surface area (Å²) in [5, 5.41) is 42.2. The summed E-state index contributed by atoms with van der Waals surface area (Å²) < 4.78 is 5.47. The molecule has 21 nitrogen and oxygen atoms in total. The molecule has 0 spiro atoms. The third-order valence-corrected chi connectivity index (χ3v) is 17.6. The lowest BCUT2D eigenvalue weighted by molar-refractivity contribution is -0.197. The van der Waals surface area contributed by atoms with Crippen LogP contribution in [0.15, 0.2) is 96.6 Å². The Morgan fingerprint density at radius 2 is 1.55 bits per heavy atom. The number of ether oxygens (including phenoxy) is 1. The van der Waals surface area contributed by atoms with Crippen LogP contribution in [0, 0.1) is 39.9 Å². The van der Waals surface area contributed by atoms with Gasteiger partial charge in [0, 0.05) is 67.2 Å². The van der Waals surface area contributed by atoms with E-state index in [1.807, 2.05) is 36.4 Å². The highest BCUT2D eigenvalue weighted by Crippen LogP contribution is 2.72. The van der Waals surface area contributed by atoms with Gasteiger partial charge in [-0.2, -0.15) is 0 Å². The summed E-state index contributed by atoms with van der Waals surface area (Å²) in [7, 11) is 0. The number of ketones is 2. The van der Waals surface area contributed by atoms with Gasteiger partial charge in [0.15, 0.2) is 11.6 Å². The van der Waals surface area contributed by atoms with Crippen LogP contribution in [0.5, 0.6) is 0 Å². The van der Waals surface area contributed by atoms with Crippen molar-refractivity contribution in [2.24, 2.45) is 39.9 Å². The van der Waals surface area contributed by atoms with Gasteiger partial charge in [-0.3, -0.25) is 43.7 Å². The molecule has 21 heteroatoms. The molecule has 80 heavy (non-hydrogen) atoms. The summed E-state index contributed by atoms with van der Waals surface area (Å²) in [5.74, 6) is -5.72. The minimum Gasteiger partial charge on any atom is -0.481 e. The first-order valence-electron chi connectivity index (χ1n) is 27.1. The van der Waals surface area contributed by atoms with Crippen molar-refractivity contribution < 1.29 is 72.8 Å². The van der Waals surface area contributed by atoms with E-state index in [-0.39, 0.29) is 61.1 Å². The van der Waals surface area contributed by atoms with Crippen molar-refractivity contribution >= 4 is 76.2 Å². The largest absolute Gasteiger partial charge is 0.481 e. The van der Waals surface area contributed by atoms with E-state index in [0.29, 0.717) is 47.9 Å². The van der Waals surface area contributed by atoms with Crippen LogP contribution in [0.1, 0.15) is 94.7 Å². The quantitative estimate of drug-likeness (QED) is 0.0755. The molecule has 9 rings (SSSR count). The van der Waals surface area contributed by atoms with E-state index < -0.39 is 108 Å². The predicted octanol–water partition coefficient (Wildman–Crippen LogP) is 4.69. The van der Waals surface area contributed by atoms with Crippen molar-refractivity contribution in [3.8, 4) is 0 Å². The lowest BCUT2D eigenvalue weighted by atomic mass is 9.44. The number of nitrogens with zero attached hydrogens (tertiary/aromatic N) is 2. The first kappa shape index (κ1) is 56.7. The molecule has 2 heterocycles. The zero-order chi connectivity index (χ0) is 57.1. The van der Waals surface area contributed by atoms with Crippen LogP contribution in [-0.4, -0.2) is 118 Å². The van der Waals surface area contributed by atoms with Crippen LogP contribution < -0.4 is 26.2 Å². The summed E-state index contributed by atoms with van der Waals surface area (Å²) in [6, 6.07) is 20.5. The molecule has 5 fully saturated rings. The molecule has 0 unspecified atom stereocenters. The first-order valence-corrected chi connectivity index (χ1v) is 27.1. The Balaban J connectivity index is 0.732. The smallest absolute Gasteiger partial charge is 0.411 e. The van der Waals surface area contributed by atoms with E-state index in [9.17, 15) is 63.3 Å². The van der Waals surface area contributed by atoms with E-state index in [1.165, 1.54) is 12.1 Å². The molecule has 4 aliphatic carbocycles. The molecule has 9 atom stereocenters. The molecule has 7 N–H and O–H groups in total. The number of carbonyl (C=O) groups excluding carboxylic acids is 9. The van der Waals surface area contributed by atoms with Crippen LogP contribution >= 0.6 is 0 Å². The fourth-order valence-corrected chi connectivity index (χ4v) is 13.8. The number of amides is 6. The normalized spacial score (nSPS) is 26.7. The Bertz CT molecular complexity index is 3030. The van der Waals surface area contributed by atoms with Crippen LogP contribution in [0.3, 0.4) is 0 Å². The molecule has 0 bridgehead atoms. The molecule has 2 saturated heterocycles. The Hall–Kier alpha value is -8.04. The molecule has 3 saturated carbocycles. The van der Waals surface area contributed by atoms with Crippen LogP contribution in [-0.2, 0) is 65.8 Å². The van der Waals surface area contributed by atoms with Gasteiger partial charge in [0.1, 0.15) is 19.3 Å². The standard InChI is InChI=1S/C59H66N6O15/c1-57-23-22-42(67)26-37(57)10-15-43-44-27-38-30-64(33-59(38,47(69)31-66)58(44,2)28-46(68)54(43)57)41-13-8-34(9-14-41)24-36-4-3-5-40(25-36)62-56(78)79-32-35-6-11-39(12-7-35)61-55(77)45(16-20-52(74)75)63-49(71)29-60-48(70)17-21-53(76)80-65-50(72)18-19-51(65)73/h3-9,11-14,22-23,25-26,38,43-46,54,66,68H,10,15-21,24,27-33H2,1-2H3,(H,60,70)(H,61,77)(H,62,78)(H,63,71)(H,74,75)/t38-,43-,44-,45-,46-,54+,57-,58-,59+/m0/s1. The minimum atomic E-state index is -1.31. The highest BCUT2D eigenvalue weighted by atomic mass is 16.7. The second-order valence-electron chi connectivity index (χ2n) is 22.4. The van der Waals surface area contributed by atoms with Gasteiger partial charge in [0.25, 0.3) is 11.8 Å². The van der Waals surface area contributed by atoms with E-state index in [2.05, 4.69) is 52.1 Å². The number of aliphatic hydroxyl groups is 2. The van der Waals surface area contributed by atoms with Gasteiger partial charge in [-0.25, -0.2) is 9.59 Å². The summed E-state index contributed by atoms with van der Waals surface area (Å²) >= 11 is 0. The van der Waals surface area contributed by atoms with E-state index in [1.54, 1.807) is 30.4 Å². The zero-order valence-electron chi connectivity index (χ0n) is 44.6. The molecule has 6 amide bonds. The average Bonchev–Trinajstić information content (AvgIpc) is 4.22. The lowest BCUT2D eigenvalue weighted by Crippen LogP contribution is -2.60. The van der Waals surface area contributed by atoms with Crippen molar-refractivity contribution in [3.05, 3.63) is 113 Å². The van der Waals surface area contributed by atoms with E-state index >= 15 is 0 Å². The van der Waals surface area contributed by atoms with Crippen molar-refractivity contribution in [3.63, 3.8) is 0 Å². The maximum Gasteiger partial charge on any atom is 0.411 e. The van der Waals surface area contributed by atoms with Crippen molar-refractivity contribution in [1.29, 1.82) is 0 Å². The maximum atomic E-state index is 14.2. The number of nitrogens with one attached hydrogen (secondary N) is 4. The number of benzene rings is 3. The number of hydroxylamine groups is 2. The summed E-state index contributed by atoms with van der Waals surface area (Å²) in [6.45, 7) is 4.16. The number of aliphatic hydroxyl groups excluding tert-OH is 2. The number of carbonyl (C=O) groups is 10. The fourth-order valence-electron chi connectivity index (χ4n) is 13.8. The highest BCUT2D eigenvalue weighted by molar-refractivity contribution is 6.02. The molecular weight excluding hydrogens is 1030 g/mol. The summed E-state index contributed by atoms with van der Waals surface area (Å²) in [6.07, 6.45) is 5.63. The Morgan fingerprint density at radius 1 is 0.825 bits per heavy atom. The highest BCUT2D eigenvalue weighted by Gasteiger charge is 2.73. The minimum absolute atomic E-state index is 0.00658. The van der Waals surface area contributed by atoms with Gasteiger partial charge in [0.2, 0.25) is 17.7 Å².